The Balaban J connectivity index is 2.63. The molecular formula is C18H20N4O3. The molecule has 0 aliphatic rings. The highest BCUT2D eigenvalue weighted by molar-refractivity contribution is 6.00. The molecule has 1 atom stereocenters. The van der Waals surface area contributed by atoms with Gasteiger partial charge >= 0.3 is 5.97 Å². The fourth-order valence-electron chi connectivity index (χ4n) is 2.38. The number of nitrogen functional groups attached to an aromatic ring is 1. The Kier molecular flexibility index (Phi) is 5.45. The summed E-state index contributed by atoms with van der Waals surface area (Å²) in [7, 11) is 1.23. The average Bonchev–Trinajstić information content (AvgIpc) is 2.97. The molecule has 0 aliphatic carbocycles. The maximum atomic E-state index is 12.6. The number of nitrogens with one attached hydrogen (secondary N) is 1. The number of carbonyl (C=O) groups is 2. The van der Waals surface area contributed by atoms with Crippen LogP contribution in [-0.2, 0) is 4.74 Å². The molecule has 2 aromatic rings. The van der Waals surface area contributed by atoms with Crippen LogP contribution in [0.5, 0.6) is 0 Å². The fraction of sp³-hybridized carbons (Fsp3) is 0.278. The summed E-state index contributed by atoms with van der Waals surface area (Å²) in [4.78, 5) is 24.7. The summed E-state index contributed by atoms with van der Waals surface area (Å²) < 4.78 is 6.19. The molecule has 0 saturated heterocycles. The van der Waals surface area contributed by atoms with Crippen molar-refractivity contribution in [2.75, 3.05) is 12.8 Å². The molecule has 25 heavy (non-hydrogen) atoms. The third-order valence-electron chi connectivity index (χ3n) is 3.94. The predicted octanol–water partition coefficient (Wildman–Crippen LogP) is 2.25. The number of amides is 1. The quantitative estimate of drug-likeness (QED) is 0.811. The predicted molar refractivity (Wildman–Crippen MR) is 93.5 cm³/mol. The summed E-state index contributed by atoms with van der Waals surface area (Å²) in [5, 5.41) is 12.1. The molecule has 2 rings (SSSR count). The van der Waals surface area contributed by atoms with Crippen molar-refractivity contribution >= 4 is 17.6 Å². The van der Waals surface area contributed by atoms with Crippen LogP contribution < -0.4 is 11.1 Å². The lowest BCUT2D eigenvalue weighted by molar-refractivity contribution is 0.0592. The van der Waals surface area contributed by atoms with Gasteiger partial charge in [-0.3, -0.25) is 4.79 Å². The minimum atomic E-state index is -0.684. The van der Waals surface area contributed by atoms with Crippen molar-refractivity contribution in [3.05, 3.63) is 47.3 Å². The highest BCUT2D eigenvalue weighted by atomic mass is 16.5. The van der Waals surface area contributed by atoms with Gasteiger partial charge in [-0.2, -0.15) is 5.26 Å². The van der Waals surface area contributed by atoms with Crippen molar-refractivity contribution < 1.29 is 14.3 Å². The van der Waals surface area contributed by atoms with Crippen LogP contribution in [0.25, 0.3) is 5.69 Å². The maximum Gasteiger partial charge on any atom is 0.357 e. The molecule has 0 saturated carbocycles. The van der Waals surface area contributed by atoms with Gasteiger partial charge in [0.2, 0.25) is 0 Å². The summed E-state index contributed by atoms with van der Waals surface area (Å²) in [6, 6.07) is 8.74. The maximum absolute atomic E-state index is 12.6. The molecule has 0 fully saturated rings. The first kappa shape index (κ1) is 18.1. The Bertz CT molecular complexity index is 848. The van der Waals surface area contributed by atoms with Crippen molar-refractivity contribution in [3.8, 4) is 11.8 Å². The molecule has 1 aromatic heterocycles. The third kappa shape index (κ3) is 3.48. The summed E-state index contributed by atoms with van der Waals surface area (Å²) in [6.45, 7) is 3.87. The molecule has 0 bridgehead atoms. The van der Waals surface area contributed by atoms with Gasteiger partial charge < -0.3 is 20.4 Å². The van der Waals surface area contributed by atoms with Crippen molar-refractivity contribution in [2.45, 2.75) is 26.3 Å². The summed E-state index contributed by atoms with van der Waals surface area (Å²) >= 11 is 0. The van der Waals surface area contributed by atoms with Gasteiger partial charge in [-0.25, -0.2) is 4.79 Å². The zero-order chi connectivity index (χ0) is 18.6. The van der Waals surface area contributed by atoms with Gasteiger partial charge in [-0.1, -0.05) is 19.1 Å². The minimum Gasteiger partial charge on any atom is -0.464 e. The number of esters is 1. The lowest BCUT2D eigenvalue weighted by Gasteiger charge is -2.16. The van der Waals surface area contributed by atoms with Crippen LogP contribution in [0.2, 0.25) is 0 Å². The number of hydrogen-bond acceptors (Lipinski definition) is 5. The van der Waals surface area contributed by atoms with Gasteiger partial charge in [-0.05, 0) is 25.5 Å². The van der Waals surface area contributed by atoms with E-state index in [0.717, 1.165) is 6.42 Å². The number of hydrogen-bond donors (Lipinski definition) is 2. The highest BCUT2D eigenvalue weighted by Crippen LogP contribution is 2.26. The number of ether oxygens (including phenoxy) is 1. The van der Waals surface area contributed by atoms with E-state index in [1.54, 1.807) is 24.3 Å². The number of nitriles is 1. The topological polar surface area (TPSA) is 110 Å². The smallest absolute Gasteiger partial charge is 0.357 e. The molecule has 130 valence electrons. The minimum absolute atomic E-state index is 0.00466. The van der Waals surface area contributed by atoms with Gasteiger partial charge in [0.1, 0.15) is 6.07 Å². The second kappa shape index (κ2) is 7.53. The summed E-state index contributed by atoms with van der Waals surface area (Å²) in [6.07, 6.45) is 2.22. The number of methoxy groups -OCH3 is 1. The van der Waals surface area contributed by atoms with Crippen LogP contribution in [0.15, 0.2) is 30.5 Å². The van der Waals surface area contributed by atoms with Gasteiger partial charge in [0.15, 0.2) is 5.69 Å². The van der Waals surface area contributed by atoms with E-state index in [0.29, 0.717) is 11.3 Å². The van der Waals surface area contributed by atoms with E-state index >= 15 is 0 Å². The first-order valence-electron chi connectivity index (χ1n) is 7.84. The second-order valence-corrected chi connectivity index (χ2v) is 5.58. The largest absolute Gasteiger partial charge is 0.464 e. The Morgan fingerprint density at radius 2 is 2.08 bits per heavy atom. The molecule has 7 heteroatoms. The summed E-state index contributed by atoms with van der Waals surface area (Å²) in [5.74, 6) is -0.956. The molecule has 0 aliphatic heterocycles. The number of benzene rings is 1. The lowest BCUT2D eigenvalue weighted by atomic mass is 10.1. The van der Waals surface area contributed by atoms with Crippen molar-refractivity contribution in [1.82, 2.24) is 9.88 Å². The first-order chi connectivity index (χ1) is 11.9. The van der Waals surface area contributed by atoms with Gasteiger partial charge in [0, 0.05) is 12.2 Å². The normalized spacial score (nSPS) is 11.4. The van der Waals surface area contributed by atoms with E-state index < -0.39 is 5.97 Å². The molecule has 7 nitrogen and oxygen atoms in total. The van der Waals surface area contributed by atoms with Crippen LogP contribution in [-0.4, -0.2) is 29.6 Å². The monoisotopic (exact) mass is 340 g/mol. The van der Waals surface area contributed by atoms with Gasteiger partial charge in [0.25, 0.3) is 5.91 Å². The van der Waals surface area contributed by atoms with E-state index in [1.165, 1.54) is 17.9 Å². The van der Waals surface area contributed by atoms with E-state index in [9.17, 15) is 14.9 Å². The molecule has 0 radical (unpaired) electrons. The fourth-order valence-corrected chi connectivity index (χ4v) is 2.38. The zero-order valence-electron chi connectivity index (χ0n) is 14.4. The summed E-state index contributed by atoms with van der Waals surface area (Å²) in [5.41, 5.74) is 6.89. The molecule has 3 N–H and O–H groups in total. The van der Waals surface area contributed by atoms with Gasteiger partial charge in [0.05, 0.1) is 29.6 Å². The molecule has 1 heterocycles. The standard InChI is InChI=1S/C18H20N4O3/c1-4-11(2)21-17(23)13-7-5-6-8-14(13)22-10-12(9-19)15(20)16(22)18(24)25-3/h5-8,10-11H,4,20H2,1-3H3,(H,21,23). The van der Waals surface area contributed by atoms with Crippen molar-refractivity contribution in [1.29, 1.82) is 5.26 Å². The van der Waals surface area contributed by atoms with Crippen LogP contribution in [0.4, 0.5) is 5.69 Å². The SMILES string of the molecule is CCC(C)NC(=O)c1ccccc1-n1cc(C#N)c(N)c1C(=O)OC. The second-order valence-electron chi connectivity index (χ2n) is 5.58. The third-order valence-corrected chi connectivity index (χ3v) is 3.94. The number of aromatic nitrogens is 1. The van der Waals surface area contributed by atoms with Crippen LogP contribution in [0.1, 0.15) is 46.7 Å². The number of rotatable bonds is 5. The Hall–Kier alpha value is -3.27. The van der Waals surface area contributed by atoms with Crippen LogP contribution in [0.3, 0.4) is 0 Å². The number of para-hydroxylation sites is 1. The van der Waals surface area contributed by atoms with E-state index in [1.807, 2.05) is 19.9 Å². The molecule has 1 unspecified atom stereocenters. The highest BCUT2D eigenvalue weighted by Gasteiger charge is 2.24. The molecule has 0 spiro atoms. The van der Waals surface area contributed by atoms with Gasteiger partial charge in [-0.15, -0.1) is 0 Å². The van der Waals surface area contributed by atoms with Crippen molar-refractivity contribution in [2.24, 2.45) is 0 Å². The first-order valence-corrected chi connectivity index (χ1v) is 7.84. The number of anilines is 1. The average molecular weight is 340 g/mol. The van der Waals surface area contributed by atoms with Crippen LogP contribution >= 0.6 is 0 Å². The van der Waals surface area contributed by atoms with Crippen molar-refractivity contribution in [3.63, 3.8) is 0 Å². The number of nitrogens with zero attached hydrogens (tertiary/aromatic N) is 2. The van der Waals surface area contributed by atoms with E-state index in [4.69, 9.17) is 10.5 Å². The molecular weight excluding hydrogens is 320 g/mol. The Labute approximate surface area is 146 Å². The Morgan fingerprint density at radius 1 is 1.40 bits per heavy atom. The van der Waals surface area contributed by atoms with E-state index in [2.05, 4.69) is 5.32 Å². The zero-order valence-corrected chi connectivity index (χ0v) is 14.4. The molecule has 1 amide bonds. The van der Waals surface area contributed by atoms with E-state index in [-0.39, 0.29) is 28.9 Å². The lowest BCUT2D eigenvalue weighted by Crippen LogP contribution is -2.32. The van der Waals surface area contributed by atoms with Crippen LogP contribution in [0, 0.1) is 11.3 Å². The molecule has 1 aromatic carbocycles. The Morgan fingerprint density at radius 3 is 2.68 bits per heavy atom. The number of nitrogens with two attached hydrogens (primary N) is 1. The number of carbonyl (C=O) groups excluding carboxylic acids is 2.